The molecule has 0 aliphatic rings. The van der Waals surface area contributed by atoms with Crippen molar-refractivity contribution in [2.24, 2.45) is 12.8 Å². The topological polar surface area (TPSA) is 82.8 Å². The Hall–Kier alpha value is -1.69. The Bertz CT molecular complexity index is 538. The van der Waals surface area contributed by atoms with Gasteiger partial charge in [-0.25, -0.2) is 0 Å². The molecule has 6 heteroatoms. The molecule has 6 nitrogen and oxygen atoms in total. The molecule has 2 heterocycles. The van der Waals surface area contributed by atoms with E-state index in [1.807, 2.05) is 33.9 Å². The average Bonchev–Trinajstić information content (AvgIpc) is 2.95. The molecular formula is C12H19N5O. The minimum Gasteiger partial charge on any atom is -0.332 e. The molecule has 0 bridgehead atoms. The van der Waals surface area contributed by atoms with Crippen LogP contribution in [0.4, 0.5) is 0 Å². The van der Waals surface area contributed by atoms with Crippen molar-refractivity contribution in [3.8, 4) is 11.6 Å². The maximum absolute atomic E-state index is 6.25. The highest BCUT2D eigenvalue weighted by atomic mass is 16.5. The summed E-state index contributed by atoms with van der Waals surface area (Å²) in [6.45, 7) is 5.97. The molecule has 0 spiro atoms. The van der Waals surface area contributed by atoms with Crippen LogP contribution in [-0.4, -0.2) is 19.9 Å². The minimum absolute atomic E-state index is 0.463. The summed E-state index contributed by atoms with van der Waals surface area (Å²) in [5, 5.41) is 8.26. The molecule has 2 aromatic heterocycles. The van der Waals surface area contributed by atoms with Gasteiger partial charge in [-0.2, -0.15) is 10.1 Å². The SMILES string of the molecule is CCC(N)(CC)c1noc(-c2cc(C)nn2C)n1. The molecule has 0 radical (unpaired) electrons. The van der Waals surface area contributed by atoms with E-state index < -0.39 is 5.54 Å². The number of aryl methyl sites for hydroxylation is 2. The molecule has 0 saturated carbocycles. The number of hydrogen-bond acceptors (Lipinski definition) is 5. The van der Waals surface area contributed by atoms with Gasteiger partial charge in [-0.05, 0) is 25.8 Å². The molecule has 98 valence electrons. The molecule has 0 saturated heterocycles. The lowest BCUT2D eigenvalue weighted by atomic mass is 9.93. The lowest BCUT2D eigenvalue weighted by Gasteiger charge is -2.21. The Labute approximate surface area is 106 Å². The van der Waals surface area contributed by atoms with Gasteiger partial charge >= 0.3 is 0 Å². The lowest BCUT2D eigenvalue weighted by Crippen LogP contribution is -2.36. The fourth-order valence-corrected chi connectivity index (χ4v) is 1.91. The first-order valence-corrected chi connectivity index (χ1v) is 6.14. The average molecular weight is 249 g/mol. The first kappa shape index (κ1) is 12.8. The van der Waals surface area contributed by atoms with Gasteiger partial charge in [0, 0.05) is 7.05 Å². The summed E-state index contributed by atoms with van der Waals surface area (Å²) < 4.78 is 7.02. The molecule has 0 aliphatic heterocycles. The fraction of sp³-hybridized carbons (Fsp3) is 0.583. The Morgan fingerprint density at radius 3 is 2.56 bits per heavy atom. The third-order valence-electron chi connectivity index (χ3n) is 3.35. The predicted octanol–water partition coefficient (Wildman–Crippen LogP) is 1.75. The molecule has 0 aliphatic carbocycles. The van der Waals surface area contributed by atoms with Gasteiger partial charge in [0.15, 0.2) is 5.82 Å². The summed E-state index contributed by atoms with van der Waals surface area (Å²) in [5.74, 6) is 1.02. The van der Waals surface area contributed by atoms with Gasteiger partial charge in [-0.1, -0.05) is 19.0 Å². The van der Waals surface area contributed by atoms with Gasteiger partial charge in [0.25, 0.3) is 5.89 Å². The van der Waals surface area contributed by atoms with Crippen LogP contribution < -0.4 is 5.73 Å². The van der Waals surface area contributed by atoms with Crippen molar-refractivity contribution in [3.05, 3.63) is 17.6 Å². The first-order chi connectivity index (χ1) is 8.50. The van der Waals surface area contributed by atoms with Crippen molar-refractivity contribution in [1.82, 2.24) is 19.9 Å². The third kappa shape index (κ3) is 2.03. The summed E-state index contributed by atoms with van der Waals surface area (Å²) in [7, 11) is 1.85. The molecule has 2 rings (SSSR count). The van der Waals surface area contributed by atoms with Crippen LogP contribution in [0.15, 0.2) is 10.6 Å². The maximum Gasteiger partial charge on any atom is 0.276 e. The first-order valence-electron chi connectivity index (χ1n) is 6.14. The largest absolute Gasteiger partial charge is 0.332 e. The Morgan fingerprint density at radius 2 is 2.06 bits per heavy atom. The predicted molar refractivity (Wildman–Crippen MR) is 67.7 cm³/mol. The van der Waals surface area contributed by atoms with Crippen molar-refractivity contribution < 1.29 is 4.52 Å². The van der Waals surface area contributed by atoms with E-state index in [0.29, 0.717) is 11.7 Å². The molecule has 0 fully saturated rings. The highest BCUT2D eigenvalue weighted by Crippen LogP contribution is 2.26. The molecular weight excluding hydrogens is 230 g/mol. The molecule has 0 unspecified atom stereocenters. The molecule has 0 atom stereocenters. The van der Waals surface area contributed by atoms with Crippen LogP contribution in [-0.2, 0) is 12.6 Å². The molecule has 2 N–H and O–H groups in total. The molecule has 2 aromatic rings. The number of aromatic nitrogens is 4. The second-order valence-electron chi connectivity index (χ2n) is 4.58. The highest BCUT2D eigenvalue weighted by Gasteiger charge is 2.29. The number of nitrogens with two attached hydrogens (primary N) is 1. The van der Waals surface area contributed by atoms with Crippen LogP contribution in [0, 0.1) is 6.92 Å². The summed E-state index contributed by atoms with van der Waals surface area (Å²) >= 11 is 0. The van der Waals surface area contributed by atoms with Gasteiger partial charge in [-0.15, -0.1) is 0 Å². The lowest BCUT2D eigenvalue weighted by molar-refractivity contribution is 0.349. The standard InChI is InChI=1S/C12H19N5O/c1-5-12(13,6-2)11-14-10(18-16-11)9-7-8(3)15-17(9)4/h7H,5-6,13H2,1-4H3. The van der Waals surface area contributed by atoms with Crippen molar-refractivity contribution >= 4 is 0 Å². The van der Waals surface area contributed by atoms with E-state index in [2.05, 4.69) is 15.2 Å². The zero-order chi connectivity index (χ0) is 13.3. The second kappa shape index (κ2) is 4.53. The van der Waals surface area contributed by atoms with Crippen molar-refractivity contribution in [2.75, 3.05) is 0 Å². The van der Waals surface area contributed by atoms with E-state index in [4.69, 9.17) is 10.3 Å². The third-order valence-corrected chi connectivity index (χ3v) is 3.35. The van der Waals surface area contributed by atoms with E-state index >= 15 is 0 Å². The van der Waals surface area contributed by atoms with Gasteiger partial charge in [0.2, 0.25) is 0 Å². The van der Waals surface area contributed by atoms with E-state index in [9.17, 15) is 0 Å². The fourth-order valence-electron chi connectivity index (χ4n) is 1.91. The zero-order valence-corrected chi connectivity index (χ0v) is 11.3. The van der Waals surface area contributed by atoms with Gasteiger partial charge in [0.05, 0.1) is 11.2 Å². The van der Waals surface area contributed by atoms with Gasteiger partial charge in [-0.3, -0.25) is 4.68 Å². The second-order valence-corrected chi connectivity index (χ2v) is 4.58. The van der Waals surface area contributed by atoms with E-state index in [1.165, 1.54) is 0 Å². The van der Waals surface area contributed by atoms with Crippen molar-refractivity contribution in [1.29, 1.82) is 0 Å². The summed E-state index contributed by atoms with van der Waals surface area (Å²) in [6, 6.07) is 1.91. The number of nitrogens with zero attached hydrogens (tertiary/aromatic N) is 4. The monoisotopic (exact) mass is 249 g/mol. The van der Waals surface area contributed by atoms with Crippen LogP contribution in [0.25, 0.3) is 11.6 Å². The molecule has 0 amide bonds. The van der Waals surface area contributed by atoms with Crippen LogP contribution in [0.2, 0.25) is 0 Å². The normalized spacial score (nSPS) is 12.1. The summed E-state index contributed by atoms with van der Waals surface area (Å²) in [4.78, 5) is 4.40. The van der Waals surface area contributed by atoms with Crippen molar-refractivity contribution in [3.63, 3.8) is 0 Å². The van der Waals surface area contributed by atoms with Gasteiger partial charge in [0.1, 0.15) is 5.69 Å². The number of rotatable bonds is 4. The van der Waals surface area contributed by atoms with Crippen LogP contribution in [0.3, 0.4) is 0 Å². The summed E-state index contributed by atoms with van der Waals surface area (Å²) in [5.41, 5.74) is 7.45. The zero-order valence-electron chi connectivity index (χ0n) is 11.3. The van der Waals surface area contributed by atoms with E-state index in [0.717, 1.165) is 24.2 Å². The summed E-state index contributed by atoms with van der Waals surface area (Å²) in [6.07, 6.45) is 1.54. The highest BCUT2D eigenvalue weighted by molar-refractivity contribution is 5.47. The van der Waals surface area contributed by atoms with Gasteiger partial charge < -0.3 is 10.3 Å². The van der Waals surface area contributed by atoms with Crippen LogP contribution in [0.5, 0.6) is 0 Å². The van der Waals surface area contributed by atoms with Crippen LogP contribution >= 0.6 is 0 Å². The quantitative estimate of drug-likeness (QED) is 0.892. The molecule has 18 heavy (non-hydrogen) atoms. The van der Waals surface area contributed by atoms with Crippen LogP contribution in [0.1, 0.15) is 38.2 Å². The van der Waals surface area contributed by atoms with E-state index in [-0.39, 0.29) is 0 Å². The smallest absolute Gasteiger partial charge is 0.276 e. The Kier molecular flexibility index (Phi) is 3.21. The molecule has 0 aromatic carbocycles. The minimum atomic E-state index is -0.518. The van der Waals surface area contributed by atoms with Crippen molar-refractivity contribution in [2.45, 2.75) is 39.2 Å². The maximum atomic E-state index is 6.25. The number of hydrogen-bond donors (Lipinski definition) is 1. The Morgan fingerprint density at radius 1 is 1.39 bits per heavy atom. The Balaban J connectivity index is 2.39. The van der Waals surface area contributed by atoms with E-state index in [1.54, 1.807) is 4.68 Å².